The molecule has 0 aliphatic carbocycles. The molecule has 1 aromatic heterocycles. The Balaban J connectivity index is 2.97. The molecule has 0 bridgehead atoms. The lowest BCUT2D eigenvalue weighted by molar-refractivity contribution is 1.51. The molecular formula is C10H12SSi. The highest BCUT2D eigenvalue weighted by Gasteiger charge is 2.05. The SMILES string of the molecule is Cc1cccc2sc([SiH3])c(C)c12. The van der Waals surface area contributed by atoms with E-state index in [-0.39, 0.29) is 0 Å². The first-order valence-corrected chi connectivity index (χ1v) is 5.97. The first kappa shape index (κ1) is 8.02. The number of aryl methyl sites for hydroxylation is 2. The van der Waals surface area contributed by atoms with Crippen LogP contribution in [0.5, 0.6) is 0 Å². The number of fused-ring (bicyclic) bond motifs is 1. The van der Waals surface area contributed by atoms with Crippen LogP contribution >= 0.6 is 11.3 Å². The Labute approximate surface area is 79.7 Å². The van der Waals surface area contributed by atoms with Gasteiger partial charge in [-0.3, -0.25) is 0 Å². The van der Waals surface area contributed by atoms with Crippen LogP contribution in [0.4, 0.5) is 0 Å². The van der Waals surface area contributed by atoms with Gasteiger partial charge in [0, 0.05) is 4.70 Å². The van der Waals surface area contributed by atoms with E-state index >= 15 is 0 Å². The Kier molecular flexibility index (Phi) is 1.81. The predicted molar refractivity (Wildman–Crippen MR) is 60.9 cm³/mol. The van der Waals surface area contributed by atoms with Crippen LogP contribution in [0.15, 0.2) is 18.2 Å². The van der Waals surface area contributed by atoms with Gasteiger partial charge in [-0.05, 0) is 40.9 Å². The fourth-order valence-electron chi connectivity index (χ4n) is 1.62. The van der Waals surface area contributed by atoms with E-state index in [9.17, 15) is 0 Å². The number of hydrogen-bond donors (Lipinski definition) is 0. The number of rotatable bonds is 0. The van der Waals surface area contributed by atoms with E-state index in [4.69, 9.17) is 0 Å². The fourth-order valence-corrected chi connectivity index (χ4v) is 3.68. The zero-order valence-corrected chi connectivity index (χ0v) is 10.5. The third kappa shape index (κ3) is 1.03. The van der Waals surface area contributed by atoms with Crippen molar-refractivity contribution < 1.29 is 0 Å². The summed E-state index contributed by atoms with van der Waals surface area (Å²) in [7, 11) is 1.18. The molecule has 2 aromatic rings. The third-order valence-corrected chi connectivity index (χ3v) is 4.94. The van der Waals surface area contributed by atoms with Crippen molar-refractivity contribution >= 4 is 36.2 Å². The van der Waals surface area contributed by atoms with Crippen LogP contribution in [0.1, 0.15) is 11.1 Å². The first-order valence-electron chi connectivity index (χ1n) is 4.15. The Morgan fingerprint density at radius 2 is 2.00 bits per heavy atom. The second kappa shape index (κ2) is 2.71. The Morgan fingerprint density at radius 1 is 1.25 bits per heavy atom. The average Bonchev–Trinajstić information content (AvgIpc) is 2.29. The van der Waals surface area contributed by atoms with Crippen molar-refractivity contribution in [3.05, 3.63) is 29.3 Å². The molecule has 0 aliphatic heterocycles. The van der Waals surface area contributed by atoms with Gasteiger partial charge in [0.15, 0.2) is 0 Å². The van der Waals surface area contributed by atoms with E-state index in [1.807, 2.05) is 11.3 Å². The minimum atomic E-state index is 1.18. The zero-order chi connectivity index (χ0) is 8.72. The van der Waals surface area contributed by atoms with Crippen LogP contribution in [0.3, 0.4) is 0 Å². The molecule has 0 atom stereocenters. The van der Waals surface area contributed by atoms with Crippen LogP contribution in [0, 0.1) is 13.8 Å². The average molecular weight is 192 g/mol. The summed E-state index contributed by atoms with van der Waals surface area (Å²) in [6.07, 6.45) is 0. The van der Waals surface area contributed by atoms with Crippen molar-refractivity contribution in [2.45, 2.75) is 13.8 Å². The van der Waals surface area contributed by atoms with Crippen molar-refractivity contribution in [2.24, 2.45) is 0 Å². The number of thiophene rings is 1. The van der Waals surface area contributed by atoms with Gasteiger partial charge in [0.2, 0.25) is 0 Å². The second-order valence-electron chi connectivity index (χ2n) is 3.23. The standard InChI is InChI=1S/C10H12SSi/c1-6-4-3-5-8-9(6)7(2)10(12)11-8/h3-5H,1-2,12H3. The molecule has 0 saturated carbocycles. The van der Waals surface area contributed by atoms with Gasteiger partial charge in [0.25, 0.3) is 0 Å². The number of benzene rings is 1. The van der Waals surface area contributed by atoms with E-state index in [0.29, 0.717) is 0 Å². The molecule has 62 valence electrons. The quantitative estimate of drug-likeness (QED) is 0.555. The summed E-state index contributed by atoms with van der Waals surface area (Å²) in [6.45, 7) is 4.44. The number of hydrogen-bond acceptors (Lipinski definition) is 1. The molecule has 12 heavy (non-hydrogen) atoms. The van der Waals surface area contributed by atoms with Gasteiger partial charge in [0.1, 0.15) is 0 Å². The van der Waals surface area contributed by atoms with Crippen LogP contribution in [0.2, 0.25) is 0 Å². The van der Waals surface area contributed by atoms with E-state index in [1.54, 1.807) is 4.50 Å². The van der Waals surface area contributed by atoms with Gasteiger partial charge in [-0.2, -0.15) is 0 Å². The summed E-state index contributed by atoms with van der Waals surface area (Å²) in [4.78, 5) is 0. The lowest BCUT2D eigenvalue weighted by Crippen LogP contribution is -1.97. The molecule has 0 unspecified atom stereocenters. The van der Waals surface area contributed by atoms with Gasteiger partial charge in [-0.1, -0.05) is 12.1 Å². The summed E-state index contributed by atoms with van der Waals surface area (Å²) in [5.41, 5.74) is 2.93. The molecule has 0 spiro atoms. The molecule has 1 heterocycles. The van der Waals surface area contributed by atoms with Crippen LogP contribution in [-0.2, 0) is 0 Å². The molecule has 0 N–H and O–H groups in total. The minimum Gasteiger partial charge on any atom is -0.146 e. The summed E-state index contributed by atoms with van der Waals surface area (Å²) in [5, 5.41) is 1.49. The third-order valence-electron chi connectivity index (χ3n) is 2.40. The highest BCUT2D eigenvalue weighted by molar-refractivity contribution is 7.26. The second-order valence-corrected chi connectivity index (χ2v) is 6.21. The van der Waals surface area contributed by atoms with E-state index < -0.39 is 0 Å². The molecule has 1 aromatic carbocycles. The lowest BCUT2D eigenvalue weighted by atomic mass is 10.1. The van der Waals surface area contributed by atoms with Gasteiger partial charge >= 0.3 is 0 Å². The summed E-state index contributed by atoms with van der Waals surface area (Å²) in [6, 6.07) is 6.57. The topological polar surface area (TPSA) is 0 Å². The molecule has 0 nitrogen and oxygen atoms in total. The highest BCUT2D eigenvalue weighted by atomic mass is 32.1. The normalized spacial score (nSPS) is 11.2. The van der Waals surface area contributed by atoms with Crippen molar-refractivity contribution in [1.29, 1.82) is 0 Å². The van der Waals surface area contributed by atoms with Crippen molar-refractivity contribution in [2.75, 3.05) is 0 Å². The molecular weight excluding hydrogens is 180 g/mol. The van der Waals surface area contributed by atoms with Gasteiger partial charge < -0.3 is 0 Å². The molecule has 2 rings (SSSR count). The highest BCUT2D eigenvalue weighted by Crippen LogP contribution is 2.25. The van der Waals surface area contributed by atoms with Gasteiger partial charge in [-0.25, -0.2) is 0 Å². The van der Waals surface area contributed by atoms with Crippen LogP contribution < -0.4 is 4.50 Å². The predicted octanol–water partition coefficient (Wildman–Crippen LogP) is 1.51. The van der Waals surface area contributed by atoms with Crippen molar-refractivity contribution in [3.8, 4) is 0 Å². The smallest absolute Gasteiger partial charge is 0.0518 e. The lowest BCUT2D eigenvalue weighted by Gasteiger charge is -1.96. The van der Waals surface area contributed by atoms with Crippen LogP contribution in [0.25, 0.3) is 10.1 Å². The van der Waals surface area contributed by atoms with Gasteiger partial charge in [0.05, 0.1) is 10.2 Å². The largest absolute Gasteiger partial charge is 0.146 e. The Bertz CT molecular complexity index is 429. The van der Waals surface area contributed by atoms with E-state index in [2.05, 4.69) is 32.0 Å². The van der Waals surface area contributed by atoms with Crippen molar-refractivity contribution in [3.63, 3.8) is 0 Å². The summed E-state index contributed by atoms with van der Waals surface area (Å²) >= 11 is 1.95. The summed E-state index contributed by atoms with van der Waals surface area (Å²) < 4.78 is 3.04. The van der Waals surface area contributed by atoms with Gasteiger partial charge in [-0.15, -0.1) is 11.3 Å². The van der Waals surface area contributed by atoms with Crippen molar-refractivity contribution in [1.82, 2.24) is 0 Å². The maximum atomic E-state index is 2.24. The molecule has 0 radical (unpaired) electrons. The molecule has 0 aliphatic rings. The van der Waals surface area contributed by atoms with Crippen LogP contribution in [-0.4, -0.2) is 10.2 Å². The maximum absolute atomic E-state index is 2.24. The van der Waals surface area contributed by atoms with E-state index in [1.165, 1.54) is 31.5 Å². The molecule has 0 fully saturated rings. The molecule has 0 saturated heterocycles. The fraction of sp³-hybridized carbons (Fsp3) is 0.200. The zero-order valence-electron chi connectivity index (χ0n) is 7.64. The monoisotopic (exact) mass is 192 g/mol. The van der Waals surface area contributed by atoms with E-state index in [0.717, 1.165) is 0 Å². The molecule has 0 amide bonds. The molecule has 2 heteroatoms. The minimum absolute atomic E-state index is 1.18. The summed E-state index contributed by atoms with van der Waals surface area (Å²) in [5.74, 6) is 0. The Morgan fingerprint density at radius 3 is 2.67 bits per heavy atom. The first-order chi connectivity index (χ1) is 5.70. The maximum Gasteiger partial charge on any atom is 0.0518 e. The Hall–Kier alpha value is -0.603.